The zero-order chi connectivity index (χ0) is 18.7. The molecular formula is C19H25ClN2O4S. The highest BCUT2D eigenvalue weighted by atomic mass is 35.5. The van der Waals surface area contributed by atoms with Gasteiger partial charge >= 0.3 is 0 Å². The van der Waals surface area contributed by atoms with Gasteiger partial charge in [-0.3, -0.25) is 0 Å². The predicted octanol–water partition coefficient (Wildman–Crippen LogP) is 2.80. The lowest BCUT2D eigenvalue weighted by Crippen LogP contribution is -2.49. The Morgan fingerprint density at radius 2 is 1.63 bits per heavy atom. The normalized spacial score (nSPS) is 18.6. The minimum Gasteiger partial charge on any atom is -0.493 e. The van der Waals surface area contributed by atoms with E-state index in [0.717, 1.165) is 5.56 Å². The first-order valence-corrected chi connectivity index (χ1v) is 9.88. The van der Waals surface area contributed by atoms with Crippen LogP contribution in [0.5, 0.6) is 11.5 Å². The predicted molar refractivity (Wildman–Crippen MR) is 107 cm³/mol. The van der Waals surface area contributed by atoms with E-state index in [4.69, 9.17) is 9.47 Å². The third-order valence-electron chi connectivity index (χ3n) is 4.68. The van der Waals surface area contributed by atoms with Crippen LogP contribution in [0.15, 0.2) is 53.4 Å². The average Bonchev–Trinajstić information content (AvgIpc) is 2.67. The zero-order valence-electron chi connectivity index (χ0n) is 15.7. The number of likely N-dealkylation sites (N-methyl/N-ethyl adjacent to an activating group) is 1. The van der Waals surface area contributed by atoms with E-state index in [1.807, 2.05) is 37.4 Å². The standard InChI is InChI=1S/C19H24N2O4S.ClH/c1-20-11-12-21(17(14-20)15-7-5-4-6-8-15)26(22,23)16-9-10-18(24-2)19(13-16)25-3;/h4-10,13,17H,11-12,14H2,1-3H3;1H. The van der Waals surface area contributed by atoms with Crippen LogP contribution in [0.2, 0.25) is 0 Å². The molecule has 1 fully saturated rings. The molecule has 0 aromatic heterocycles. The quantitative estimate of drug-likeness (QED) is 0.755. The van der Waals surface area contributed by atoms with Gasteiger partial charge in [0, 0.05) is 25.7 Å². The fourth-order valence-electron chi connectivity index (χ4n) is 3.25. The fraction of sp³-hybridized carbons (Fsp3) is 0.368. The molecular weight excluding hydrogens is 388 g/mol. The Labute approximate surface area is 167 Å². The van der Waals surface area contributed by atoms with E-state index in [1.54, 1.807) is 16.4 Å². The van der Waals surface area contributed by atoms with Gasteiger partial charge in [-0.15, -0.1) is 12.4 Å². The summed E-state index contributed by atoms with van der Waals surface area (Å²) in [5, 5.41) is 0. The number of rotatable bonds is 5. The summed E-state index contributed by atoms with van der Waals surface area (Å²) in [6.45, 7) is 1.78. The molecule has 2 aromatic carbocycles. The molecule has 2 aromatic rings. The molecule has 1 aliphatic rings. The van der Waals surface area contributed by atoms with E-state index in [1.165, 1.54) is 20.3 Å². The first-order valence-electron chi connectivity index (χ1n) is 8.44. The van der Waals surface area contributed by atoms with E-state index in [2.05, 4.69) is 4.90 Å². The van der Waals surface area contributed by atoms with Crippen molar-refractivity contribution in [2.45, 2.75) is 10.9 Å². The molecule has 0 saturated carbocycles. The number of piperazine rings is 1. The second kappa shape index (κ2) is 8.93. The Hall–Kier alpha value is -1.80. The van der Waals surface area contributed by atoms with Gasteiger partial charge in [-0.25, -0.2) is 8.42 Å². The van der Waals surface area contributed by atoms with E-state index in [9.17, 15) is 8.42 Å². The number of benzene rings is 2. The molecule has 6 nitrogen and oxygen atoms in total. The van der Waals surface area contributed by atoms with Crippen LogP contribution in [0.25, 0.3) is 0 Å². The zero-order valence-corrected chi connectivity index (χ0v) is 17.3. The van der Waals surface area contributed by atoms with Gasteiger partial charge in [0.1, 0.15) is 0 Å². The Kier molecular flexibility index (Phi) is 7.11. The van der Waals surface area contributed by atoms with Crippen LogP contribution in [-0.4, -0.2) is 58.5 Å². The smallest absolute Gasteiger partial charge is 0.243 e. The van der Waals surface area contributed by atoms with Crippen LogP contribution in [-0.2, 0) is 10.0 Å². The number of ether oxygens (including phenoxy) is 2. The third kappa shape index (κ3) is 4.38. The van der Waals surface area contributed by atoms with Crippen molar-refractivity contribution < 1.29 is 17.9 Å². The molecule has 27 heavy (non-hydrogen) atoms. The van der Waals surface area contributed by atoms with Gasteiger partial charge in [-0.2, -0.15) is 4.31 Å². The lowest BCUT2D eigenvalue weighted by Gasteiger charge is -2.39. The monoisotopic (exact) mass is 412 g/mol. The van der Waals surface area contributed by atoms with Crippen molar-refractivity contribution in [1.29, 1.82) is 0 Å². The van der Waals surface area contributed by atoms with Crippen molar-refractivity contribution in [3.63, 3.8) is 0 Å². The maximum Gasteiger partial charge on any atom is 0.243 e. The molecule has 1 heterocycles. The summed E-state index contributed by atoms with van der Waals surface area (Å²) >= 11 is 0. The summed E-state index contributed by atoms with van der Waals surface area (Å²) in [7, 11) is 1.36. The molecule has 148 valence electrons. The van der Waals surface area contributed by atoms with Gasteiger partial charge in [-0.05, 0) is 24.7 Å². The van der Waals surface area contributed by atoms with Crippen LogP contribution < -0.4 is 9.47 Å². The highest BCUT2D eigenvalue weighted by molar-refractivity contribution is 7.89. The number of hydrogen-bond donors (Lipinski definition) is 0. The van der Waals surface area contributed by atoms with Crippen LogP contribution in [0.4, 0.5) is 0 Å². The van der Waals surface area contributed by atoms with Crippen molar-refractivity contribution in [2.75, 3.05) is 40.9 Å². The average molecular weight is 413 g/mol. The van der Waals surface area contributed by atoms with E-state index in [-0.39, 0.29) is 23.3 Å². The molecule has 1 atom stereocenters. The molecule has 0 amide bonds. The number of methoxy groups -OCH3 is 2. The molecule has 8 heteroatoms. The highest BCUT2D eigenvalue weighted by Gasteiger charge is 2.36. The summed E-state index contributed by atoms with van der Waals surface area (Å²) in [6, 6.07) is 14.2. The minimum absolute atomic E-state index is 0. The molecule has 0 spiro atoms. The van der Waals surface area contributed by atoms with E-state index < -0.39 is 10.0 Å². The molecule has 0 bridgehead atoms. The number of nitrogens with zero attached hydrogens (tertiary/aromatic N) is 2. The van der Waals surface area contributed by atoms with Gasteiger partial charge in [0.25, 0.3) is 0 Å². The van der Waals surface area contributed by atoms with Crippen molar-refractivity contribution in [3.8, 4) is 11.5 Å². The van der Waals surface area contributed by atoms with Crippen LogP contribution >= 0.6 is 12.4 Å². The summed E-state index contributed by atoms with van der Waals surface area (Å²) in [5.41, 5.74) is 0.989. The van der Waals surface area contributed by atoms with Crippen LogP contribution in [0.3, 0.4) is 0 Å². The summed E-state index contributed by atoms with van der Waals surface area (Å²) < 4.78 is 38.8. The largest absolute Gasteiger partial charge is 0.493 e. The van der Waals surface area contributed by atoms with Crippen molar-refractivity contribution in [1.82, 2.24) is 9.21 Å². The SMILES string of the molecule is COc1ccc(S(=O)(=O)N2CCN(C)CC2c2ccccc2)cc1OC.Cl. The third-order valence-corrected chi connectivity index (χ3v) is 6.58. The number of sulfonamides is 1. The van der Waals surface area contributed by atoms with Crippen molar-refractivity contribution in [2.24, 2.45) is 0 Å². The Balaban J connectivity index is 0.00000261. The van der Waals surface area contributed by atoms with Crippen LogP contribution in [0.1, 0.15) is 11.6 Å². The maximum absolute atomic E-state index is 13.4. The second-order valence-electron chi connectivity index (χ2n) is 6.32. The number of halogens is 1. The highest BCUT2D eigenvalue weighted by Crippen LogP contribution is 2.34. The van der Waals surface area contributed by atoms with E-state index >= 15 is 0 Å². The van der Waals surface area contributed by atoms with Crippen LogP contribution in [0, 0.1) is 0 Å². The molecule has 1 unspecified atom stereocenters. The van der Waals surface area contributed by atoms with Gasteiger partial charge in [0.15, 0.2) is 11.5 Å². The fourth-order valence-corrected chi connectivity index (χ4v) is 4.86. The molecule has 0 N–H and O–H groups in total. The second-order valence-corrected chi connectivity index (χ2v) is 8.21. The molecule has 0 aliphatic carbocycles. The maximum atomic E-state index is 13.4. The molecule has 1 saturated heterocycles. The summed E-state index contributed by atoms with van der Waals surface area (Å²) in [6.07, 6.45) is 0. The van der Waals surface area contributed by atoms with Gasteiger partial charge in [0.2, 0.25) is 10.0 Å². The first-order chi connectivity index (χ1) is 12.5. The van der Waals surface area contributed by atoms with Gasteiger partial charge in [0.05, 0.1) is 25.2 Å². The molecule has 3 rings (SSSR count). The Morgan fingerprint density at radius 3 is 2.26 bits per heavy atom. The molecule has 0 radical (unpaired) electrons. The summed E-state index contributed by atoms with van der Waals surface area (Å²) in [5.74, 6) is 0.906. The number of hydrogen-bond acceptors (Lipinski definition) is 5. The topological polar surface area (TPSA) is 59.1 Å². The van der Waals surface area contributed by atoms with Crippen molar-refractivity contribution >= 4 is 22.4 Å². The lowest BCUT2D eigenvalue weighted by atomic mass is 10.1. The Morgan fingerprint density at radius 1 is 0.963 bits per heavy atom. The van der Waals surface area contributed by atoms with Gasteiger partial charge < -0.3 is 14.4 Å². The van der Waals surface area contributed by atoms with Gasteiger partial charge in [-0.1, -0.05) is 30.3 Å². The lowest BCUT2D eigenvalue weighted by molar-refractivity contribution is 0.160. The Bertz CT molecular complexity index is 861. The molecule has 1 aliphatic heterocycles. The summed E-state index contributed by atoms with van der Waals surface area (Å²) in [4.78, 5) is 2.36. The first kappa shape index (κ1) is 21.5. The minimum atomic E-state index is -3.67. The van der Waals surface area contributed by atoms with Crippen molar-refractivity contribution in [3.05, 3.63) is 54.1 Å². The van der Waals surface area contributed by atoms with E-state index in [0.29, 0.717) is 31.1 Å².